The van der Waals surface area contributed by atoms with Crippen molar-refractivity contribution >= 4 is 17.2 Å². The normalized spacial score (nSPS) is 15.9. The molecule has 2 nitrogen and oxygen atoms in total. The molecule has 1 fully saturated rings. The fraction of sp³-hybridized carbons (Fsp3) is 0.353. The molecule has 0 atom stereocenters. The molecule has 3 rings (SSSR count). The molecule has 2 heterocycles. The first-order valence-corrected chi connectivity index (χ1v) is 8.16. The molecule has 1 aliphatic heterocycles. The summed E-state index contributed by atoms with van der Waals surface area (Å²) in [7, 11) is 0. The number of carbonyl (C=O) groups is 1. The first kappa shape index (κ1) is 13.4. The molecule has 0 N–H and O–H groups in total. The smallest absolute Gasteiger partial charge is 0.264 e. The van der Waals surface area contributed by atoms with Crippen LogP contribution in [0, 0.1) is 0 Å². The Bertz CT molecular complexity index is 568. The van der Waals surface area contributed by atoms with E-state index in [4.69, 9.17) is 0 Å². The van der Waals surface area contributed by atoms with E-state index >= 15 is 0 Å². The van der Waals surface area contributed by atoms with E-state index in [2.05, 4.69) is 18.2 Å². The van der Waals surface area contributed by atoms with Crippen LogP contribution in [-0.4, -0.2) is 23.9 Å². The number of thiophene rings is 1. The van der Waals surface area contributed by atoms with Crippen molar-refractivity contribution in [2.45, 2.75) is 25.7 Å². The van der Waals surface area contributed by atoms with Gasteiger partial charge in [0.2, 0.25) is 0 Å². The number of amides is 1. The average Bonchev–Trinajstić information content (AvgIpc) is 2.82. The molecule has 0 unspecified atom stereocenters. The highest BCUT2D eigenvalue weighted by molar-refractivity contribution is 7.12. The number of benzene rings is 1. The number of hydrogen-bond donors (Lipinski definition) is 0. The number of rotatable bonds is 2. The zero-order valence-electron chi connectivity index (χ0n) is 11.5. The van der Waals surface area contributed by atoms with Crippen LogP contribution in [0.4, 0.5) is 0 Å². The van der Waals surface area contributed by atoms with Crippen LogP contribution in [-0.2, 0) is 0 Å². The summed E-state index contributed by atoms with van der Waals surface area (Å²) in [6, 6.07) is 12.3. The highest BCUT2D eigenvalue weighted by Gasteiger charge is 2.21. The van der Waals surface area contributed by atoms with Crippen LogP contribution in [0.3, 0.4) is 0 Å². The van der Waals surface area contributed by atoms with Crippen molar-refractivity contribution in [2.24, 2.45) is 0 Å². The molecule has 0 spiro atoms. The molecule has 1 aliphatic rings. The summed E-state index contributed by atoms with van der Waals surface area (Å²) < 4.78 is 0. The maximum Gasteiger partial charge on any atom is 0.264 e. The second-order valence-corrected chi connectivity index (χ2v) is 6.15. The van der Waals surface area contributed by atoms with Gasteiger partial charge >= 0.3 is 0 Å². The van der Waals surface area contributed by atoms with Gasteiger partial charge in [-0.05, 0) is 29.9 Å². The molecule has 104 valence electrons. The van der Waals surface area contributed by atoms with Gasteiger partial charge in [0, 0.05) is 18.7 Å². The summed E-state index contributed by atoms with van der Waals surface area (Å²) in [5, 5.41) is 2.02. The summed E-state index contributed by atoms with van der Waals surface area (Å²) in [4.78, 5) is 15.7. The molecule has 0 bridgehead atoms. The van der Waals surface area contributed by atoms with E-state index in [1.807, 2.05) is 28.5 Å². The van der Waals surface area contributed by atoms with Crippen LogP contribution in [0.25, 0.3) is 11.1 Å². The van der Waals surface area contributed by atoms with Crippen molar-refractivity contribution in [1.82, 2.24) is 4.90 Å². The second-order valence-electron chi connectivity index (χ2n) is 5.24. The molecular formula is C17H19NOS. The Kier molecular flexibility index (Phi) is 4.16. The fourth-order valence-corrected chi connectivity index (χ4v) is 3.62. The fourth-order valence-electron chi connectivity index (χ4n) is 2.74. The van der Waals surface area contributed by atoms with Crippen LogP contribution in [0.2, 0.25) is 0 Å². The maximum atomic E-state index is 12.7. The van der Waals surface area contributed by atoms with Crippen molar-refractivity contribution in [1.29, 1.82) is 0 Å². The van der Waals surface area contributed by atoms with E-state index in [0.29, 0.717) is 0 Å². The molecule has 20 heavy (non-hydrogen) atoms. The van der Waals surface area contributed by atoms with Gasteiger partial charge in [-0.1, -0.05) is 43.2 Å². The third-order valence-electron chi connectivity index (χ3n) is 3.84. The summed E-state index contributed by atoms with van der Waals surface area (Å²) in [6.07, 6.45) is 4.77. The lowest BCUT2D eigenvalue weighted by Gasteiger charge is -2.20. The highest BCUT2D eigenvalue weighted by Crippen LogP contribution is 2.29. The molecule has 0 saturated carbocycles. The van der Waals surface area contributed by atoms with Gasteiger partial charge in [0.15, 0.2) is 0 Å². The van der Waals surface area contributed by atoms with Crippen molar-refractivity contribution < 1.29 is 4.79 Å². The topological polar surface area (TPSA) is 20.3 Å². The number of likely N-dealkylation sites (tertiary alicyclic amines) is 1. The molecule has 1 aromatic carbocycles. The van der Waals surface area contributed by atoms with Crippen LogP contribution in [0.1, 0.15) is 35.4 Å². The molecule has 1 amide bonds. The Labute approximate surface area is 124 Å². The zero-order valence-corrected chi connectivity index (χ0v) is 12.4. The third-order valence-corrected chi connectivity index (χ3v) is 4.74. The minimum atomic E-state index is 0.209. The Hall–Kier alpha value is -1.61. The van der Waals surface area contributed by atoms with Crippen LogP contribution >= 0.6 is 11.3 Å². The van der Waals surface area contributed by atoms with Gasteiger partial charge in [-0.25, -0.2) is 0 Å². The SMILES string of the molecule is O=C(c1sccc1-c1ccccc1)N1CCCCCC1. The van der Waals surface area contributed by atoms with Crippen molar-refractivity contribution in [3.63, 3.8) is 0 Å². The van der Waals surface area contributed by atoms with Crippen molar-refractivity contribution in [3.05, 3.63) is 46.7 Å². The molecular weight excluding hydrogens is 266 g/mol. The first-order valence-electron chi connectivity index (χ1n) is 7.28. The van der Waals surface area contributed by atoms with E-state index in [1.54, 1.807) is 11.3 Å². The van der Waals surface area contributed by atoms with Gasteiger partial charge in [0.05, 0.1) is 4.88 Å². The van der Waals surface area contributed by atoms with Gasteiger partial charge in [0.1, 0.15) is 0 Å². The van der Waals surface area contributed by atoms with E-state index in [-0.39, 0.29) is 5.91 Å². The predicted molar refractivity (Wildman–Crippen MR) is 84.1 cm³/mol. The van der Waals surface area contributed by atoms with E-state index in [9.17, 15) is 4.79 Å². The lowest BCUT2D eigenvalue weighted by Crippen LogP contribution is -2.31. The minimum absolute atomic E-state index is 0.209. The quantitative estimate of drug-likeness (QED) is 0.799. The number of nitrogens with zero attached hydrogens (tertiary/aromatic N) is 1. The number of carbonyl (C=O) groups excluding carboxylic acids is 1. The predicted octanol–water partition coefficient (Wildman–Crippen LogP) is 4.43. The lowest BCUT2D eigenvalue weighted by atomic mass is 10.1. The summed E-state index contributed by atoms with van der Waals surface area (Å²) >= 11 is 1.56. The second kappa shape index (κ2) is 6.23. The summed E-state index contributed by atoms with van der Waals surface area (Å²) in [5.74, 6) is 0.209. The van der Waals surface area contributed by atoms with E-state index < -0.39 is 0 Å². The Balaban J connectivity index is 1.87. The Morgan fingerprint density at radius 2 is 1.65 bits per heavy atom. The molecule has 1 aromatic heterocycles. The molecule has 0 aliphatic carbocycles. The summed E-state index contributed by atoms with van der Waals surface area (Å²) in [5.41, 5.74) is 2.21. The van der Waals surface area contributed by atoms with Gasteiger partial charge in [0.25, 0.3) is 5.91 Å². The first-order chi connectivity index (χ1) is 9.86. The Morgan fingerprint density at radius 1 is 0.950 bits per heavy atom. The standard InChI is InChI=1S/C17H19NOS/c19-17(18-11-6-1-2-7-12-18)16-15(10-13-20-16)14-8-4-3-5-9-14/h3-5,8-10,13H,1-2,6-7,11-12H2. The Morgan fingerprint density at radius 3 is 2.35 bits per heavy atom. The molecule has 0 radical (unpaired) electrons. The van der Waals surface area contributed by atoms with Crippen molar-refractivity contribution in [2.75, 3.05) is 13.1 Å². The summed E-state index contributed by atoms with van der Waals surface area (Å²) in [6.45, 7) is 1.82. The monoisotopic (exact) mass is 285 g/mol. The van der Waals surface area contributed by atoms with Gasteiger partial charge in [-0.3, -0.25) is 4.79 Å². The molecule has 3 heteroatoms. The molecule has 1 saturated heterocycles. The highest BCUT2D eigenvalue weighted by atomic mass is 32.1. The zero-order chi connectivity index (χ0) is 13.8. The maximum absolute atomic E-state index is 12.7. The minimum Gasteiger partial charge on any atom is -0.338 e. The van der Waals surface area contributed by atoms with Crippen LogP contribution < -0.4 is 0 Å². The lowest BCUT2D eigenvalue weighted by molar-refractivity contribution is 0.0767. The largest absolute Gasteiger partial charge is 0.338 e. The van der Waals surface area contributed by atoms with E-state index in [0.717, 1.165) is 41.9 Å². The van der Waals surface area contributed by atoms with Gasteiger partial charge in [-0.15, -0.1) is 11.3 Å². The molecule has 2 aromatic rings. The van der Waals surface area contributed by atoms with E-state index in [1.165, 1.54) is 12.8 Å². The third kappa shape index (κ3) is 2.78. The van der Waals surface area contributed by atoms with Crippen molar-refractivity contribution in [3.8, 4) is 11.1 Å². The van der Waals surface area contributed by atoms with Gasteiger partial charge in [-0.2, -0.15) is 0 Å². The average molecular weight is 285 g/mol. The van der Waals surface area contributed by atoms with Crippen LogP contribution in [0.5, 0.6) is 0 Å². The number of hydrogen-bond acceptors (Lipinski definition) is 2. The van der Waals surface area contributed by atoms with Gasteiger partial charge < -0.3 is 4.90 Å². The van der Waals surface area contributed by atoms with Crippen LogP contribution in [0.15, 0.2) is 41.8 Å².